The Hall–Kier alpha value is -7.48. The van der Waals surface area contributed by atoms with Crippen LogP contribution in [0.1, 0.15) is 0 Å². The van der Waals surface area contributed by atoms with Crippen molar-refractivity contribution in [1.29, 1.82) is 0 Å². The van der Waals surface area contributed by atoms with Gasteiger partial charge in [-0.25, -0.2) is 0 Å². The fourth-order valence-corrected chi connectivity index (χ4v) is 8.73. The van der Waals surface area contributed by atoms with Crippen molar-refractivity contribution >= 4 is 43.5 Å². The average Bonchev–Trinajstić information content (AvgIpc) is 3.67. The summed E-state index contributed by atoms with van der Waals surface area (Å²) in [6, 6.07) is 79.2. The molecule has 1 nitrogen and oxygen atoms in total. The standard InChI is InChI=1S/C56H36O/c1-4-15-37(16-5-1)40-21-14-22-41(31-40)44-32-45(34-46(33-44)43-28-30-54-51(35-43)47-23-12-13-26-53(47)57-54)42-27-29-50-52(36-42)56(39-19-8-3-9-20-39)49-25-11-10-24-48(49)55(50)38-17-6-2-7-18-38/h1-36H. The third-order valence-electron chi connectivity index (χ3n) is 11.4. The second-order valence-corrected chi connectivity index (χ2v) is 14.8. The van der Waals surface area contributed by atoms with Crippen LogP contribution in [0, 0.1) is 0 Å². The Labute approximate surface area is 331 Å². The van der Waals surface area contributed by atoms with Crippen LogP contribution in [-0.2, 0) is 0 Å². The predicted octanol–water partition coefficient (Wildman–Crippen LogP) is 15.9. The lowest BCUT2D eigenvalue weighted by molar-refractivity contribution is 0.669. The highest BCUT2D eigenvalue weighted by atomic mass is 16.3. The molecule has 1 heterocycles. The Morgan fingerprint density at radius 2 is 0.579 bits per heavy atom. The van der Waals surface area contributed by atoms with Crippen LogP contribution in [0.5, 0.6) is 0 Å². The lowest BCUT2D eigenvalue weighted by Crippen LogP contribution is -1.92. The largest absolute Gasteiger partial charge is 0.456 e. The number of para-hydroxylation sites is 1. The van der Waals surface area contributed by atoms with Crippen molar-refractivity contribution in [3.05, 3.63) is 218 Å². The number of fused-ring (bicyclic) bond motifs is 5. The first-order chi connectivity index (χ1) is 28.2. The van der Waals surface area contributed by atoms with E-state index in [4.69, 9.17) is 4.42 Å². The van der Waals surface area contributed by atoms with Gasteiger partial charge in [-0.15, -0.1) is 0 Å². The summed E-state index contributed by atoms with van der Waals surface area (Å²) in [4.78, 5) is 0. The molecule has 11 rings (SSSR count). The quantitative estimate of drug-likeness (QED) is 0.156. The Morgan fingerprint density at radius 1 is 0.193 bits per heavy atom. The summed E-state index contributed by atoms with van der Waals surface area (Å²) >= 11 is 0. The molecule has 1 aromatic heterocycles. The Balaban J connectivity index is 1.17. The summed E-state index contributed by atoms with van der Waals surface area (Å²) < 4.78 is 6.25. The van der Waals surface area contributed by atoms with Crippen molar-refractivity contribution < 1.29 is 4.42 Å². The Bertz CT molecular complexity index is 3270. The molecule has 0 N–H and O–H groups in total. The molecule has 0 spiro atoms. The van der Waals surface area contributed by atoms with E-state index in [1.54, 1.807) is 0 Å². The molecule has 266 valence electrons. The molecule has 0 saturated heterocycles. The highest BCUT2D eigenvalue weighted by Crippen LogP contribution is 2.45. The Kier molecular flexibility index (Phi) is 7.89. The van der Waals surface area contributed by atoms with E-state index in [1.165, 1.54) is 77.2 Å². The van der Waals surface area contributed by atoms with E-state index < -0.39 is 0 Å². The average molecular weight is 725 g/mol. The van der Waals surface area contributed by atoms with Crippen molar-refractivity contribution in [2.24, 2.45) is 0 Å². The third-order valence-corrected chi connectivity index (χ3v) is 11.4. The maximum atomic E-state index is 6.25. The van der Waals surface area contributed by atoms with Crippen LogP contribution in [0.2, 0.25) is 0 Å². The van der Waals surface area contributed by atoms with E-state index in [0.717, 1.165) is 33.1 Å². The molecular formula is C56H36O. The SMILES string of the molecule is c1ccc(-c2cccc(-c3cc(-c4ccc5c(-c6ccccc6)c6ccccc6c(-c6ccccc6)c5c4)cc(-c4ccc5oc6ccccc6c5c4)c3)c2)cc1. The molecule has 11 aromatic rings. The zero-order valence-electron chi connectivity index (χ0n) is 31.2. The van der Waals surface area contributed by atoms with Crippen molar-refractivity contribution in [2.45, 2.75) is 0 Å². The first-order valence-corrected chi connectivity index (χ1v) is 19.6. The normalized spacial score (nSPS) is 11.5. The predicted molar refractivity (Wildman–Crippen MR) is 241 cm³/mol. The van der Waals surface area contributed by atoms with Gasteiger partial charge < -0.3 is 4.42 Å². The molecule has 10 aromatic carbocycles. The molecule has 0 fully saturated rings. The molecule has 0 aliphatic rings. The van der Waals surface area contributed by atoms with E-state index in [1.807, 2.05) is 12.1 Å². The van der Waals surface area contributed by atoms with Crippen LogP contribution in [0.4, 0.5) is 0 Å². The minimum atomic E-state index is 0.899. The van der Waals surface area contributed by atoms with Gasteiger partial charge in [-0.05, 0) is 137 Å². The molecule has 0 unspecified atom stereocenters. The highest BCUT2D eigenvalue weighted by molar-refractivity contribution is 6.22. The summed E-state index contributed by atoms with van der Waals surface area (Å²) in [5.41, 5.74) is 16.2. The lowest BCUT2D eigenvalue weighted by Gasteiger charge is -2.19. The number of rotatable bonds is 6. The van der Waals surface area contributed by atoms with Crippen molar-refractivity contribution in [3.63, 3.8) is 0 Å². The van der Waals surface area contributed by atoms with E-state index in [0.29, 0.717) is 0 Å². The van der Waals surface area contributed by atoms with Crippen LogP contribution >= 0.6 is 0 Å². The molecule has 0 atom stereocenters. The topological polar surface area (TPSA) is 13.1 Å². The van der Waals surface area contributed by atoms with Gasteiger partial charge in [-0.1, -0.05) is 170 Å². The maximum absolute atomic E-state index is 6.25. The molecule has 0 saturated carbocycles. The molecule has 0 radical (unpaired) electrons. The van der Waals surface area contributed by atoms with E-state index in [9.17, 15) is 0 Å². The second kappa shape index (κ2) is 13.7. The fraction of sp³-hybridized carbons (Fsp3) is 0. The number of benzene rings is 10. The fourth-order valence-electron chi connectivity index (χ4n) is 8.73. The summed E-state index contributed by atoms with van der Waals surface area (Å²) in [7, 11) is 0. The van der Waals surface area contributed by atoms with Crippen LogP contribution in [0.25, 0.3) is 110 Å². The van der Waals surface area contributed by atoms with Crippen LogP contribution < -0.4 is 0 Å². The summed E-state index contributed by atoms with van der Waals surface area (Å²) in [6.45, 7) is 0. The van der Waals surface area contributed by atoms with Gasteiger partial charge in [0.2, 0.25) is 0 Å². The maximum Gasteiger partial charge on any atom is 0.135 e. The zero-order chi connectivity index (χ0) is 37.7. The first kappa shape index (κ1) is 32.9. The molecule has 0 bridgehead atoms. The van der Waals surface area contributed by atoms with E-state index >= 15 is 0 Å². The molecule has 1 heteroatoms. The van der Waals surface area contributed by atoms with Gasteiger partial charge in [0.25, 0.3) is 0 Å². The second-order valence-electron chi connectivity index (χ2n) is 14.8. The molecule has 0 aliphatic heterocycles. The van der Waals surface area contributed by atoms with Gasteiger partial charge in [-0.3, -0.25) is 0 Å². The Morgan fingerprint density at radius 3 is 1.19 bits per heavy atom. The van der Waals surface area contributed by atoms with E-state index in [2.05, 4.69) is 206 Å². The molecule has 57 heavy (non-hydrogen) atoms. The first-order valence-electron chi connectivity index (χ1n) is 19.6. The number of hydrogen-bond acceptors (Lipinski definition) is 1. The van der Waals surface area contributed by atoms with Gasteiger partial charge in [0.15, 0.2) is 0 Å². The van der Waals surface area contributed by atoms with Crippen LogP contribution in [0.3, 0.4) is 0 Å². The third kappa shape index (κ3) is 5.80. The molecule has 0 amide bonds. The monoisotopic (exact) mass is 724 g/mol. The highest BCUT2D eigenvalue weighted by Gasteiger charge is 2.18. The smallest absolute Gasteiger partial charge is 0.135 e. The minimum absolute atomic E-state index is 0.899. The van der Waals surface area contributed by atoms with Gasteiger partial charge in [-0.2, -0.15) is 0 Å². The van der Waals surface area contributed by atoms with Crippen LogP contribution in [0.15, 0.2) is 223 Å². The number of hydrogen-bond donors (Lipinski definition) is 0. The van der Waals surface area contributed by atoms with E-state index in [-0.39, 0.29) is 0 Å². The van der Waals surface area contributed by atoms with Gasteiger partial charge in [0.05, 0.1) is 0 Å². The summed E-state index contributed by atoms with van der Waals surface area (Å²) in [5, 5.41) is 7.24. The van der Waals surface area contributed by atoms with Gasteiger partial charge >= 0.3 is 0 Å². The van der Waals surface area contributed by atoms with Crippen LogP contribution in [-0.4, -0.2) is 0 Å². The van der Waals surface area contributed by atoms with Crippen molar-refractivity contribution in [1.82, 2.24) is 0 Å². The molecule has 0 aliphatic carbocycles. The van der Waals surface area contributed by atoms with Gasteiger partial charge in [0, 0.05) is 10.8 Å². The zero-order valence-corrected chi connectivity index (χ0v) is 31.2. The minimum Gasteiger partial charge on any atom is -0.456 e. The van der Waals surface area contributed by atoms with Crippen molar-refractivity contribution in [3.8, 4) is 66.8 Å². The summed E-state index contributed by atoms with van der Waals surface area (Å²) in [6.07, 6.45) is 0. The molecular weight excluding hydrogens is 689 g/mol. The van der Waals surface area contributed by atoms with Crippen molar-refractivity contribution in [2.75, 3.05) is 0 Å². The lowest BCUT2D eigenvalue weighted by atomic mass is 9.84. The summed E-state index contributed by atoms with van der Waals surface area (Å²) in [5.74, 6) is 0. The van der Waals surface area contributed by atoms with Gasteiger partial charge in [0.1, 0.15) is 11.2 Å². The number of furan rings is 1.